The summed E-state index contributed by atoms with van der Waals surface area (Å²) in [5.41, 5.74) is 8.93. The molecule has 4 rings (SSSR count). The summed E-state index contributed by atoms with van der Waals surface area (Å²) in [6.07, 6.45) is 0. The van der Waals surface area contributed by atoms with Crippen molar-refractivity contribution in [3.05, 3.63) is 102 Å². The lowest BCUT2D eigenvalue weighted by molar-refractivity contribution is -0.120. The van der Waals surface area contributed by atoms with Gasteiger partial charge in [-0.1, -0.05) is 78.9 Å². The predicted octanol–water partition coefficient (Wildman–Crippen LogP) is 3.86. The molecule has 0 spiro atoms. The summed E-state index contributed by atoms with van der Waals surface area (Å²) in [5, 5.41) is 3.49. The molecular weight excluding hydrogens is 362 g/mol. The van der Waals surface area contributed by atoms with Crippen LogP contribution in [-0.2, 0) is 4.79 Å². The van der Waals surface area contributed by atoms with Crippen molar-refractivity contribution in [2.24, 2.45) is 5.73 Å². The Morgan fingerprint density at radius 2 is 1.45 bits per heavy atom. The number of rotatable bonds is 5. The van der Waals surface area contributed by atoms with E-state index in [2.05, 4.69) is 10.3 Å². The molecule has 3 aromatic carbocycles. The predicted molar refractivity (Wildman–Crippen MR) is 113 cm³/mol. The van der Waals surface area contributed by atoms with Crippen LogP contribution in [0.3, 0.4) is 0 Å². The molecule has 0 radical (unpaired) electrons. The minimum atomic E-state index is -0.921. The van der Waals surface area contributed by atoms with Crippen molar-refractivity contribution >= 4 is 22.7 Å². The van der Waals surface area contributed by atoms with E-state index in [0.29, 0.717) is 27.7 Å². The molecule has 0 fully saturated rings. The second-order valence-corrected chi connectivity index (χ2v) is 6.66. The van der Waals surface area contributed by atoms with Gasteiger partial charge in [-0.15, -0.1) is 0 Å². The van der Waals surface area contributed by atoms with Gasteiger partial charge in [0.1, 0.15) is 6.04 Å². The van der Waals surface area contributed by atoms with Gasteiger partial charge >= 0.3 is 0 Å². The minimum absolute atomic E-state index is 0.381. The summed E-state index contributed by atoms with van der Waals surface area (Å²) in [7, 11) is 0. The Bertz CT molecular complexity index is 1170. The van der Waals surface area contributed by atoms with Crippen molar-refractivity contribution in [2.75, 3.05) is 0 Å². The molecule has 142 valence electrons. The highest BCUT2D eigenvalue weighted by atomic mass is 16.2. The van der Waals surface area contributed by atoms with Crippen LogP contribution in [0, 0.1) is 0 Å². The van der Waals surface area contributed by atoms with Crippen LogP contribution in [0.5, 0.6) is 0 Å². The van der Waals surface area contributed by atoms with E-state index >= 15 is 0 Å². The largest absolute Gasteiger partial charge is 0.368 e. The van der Waals surface area contributed by atoms with E-state index in [1.54, 1.807) is 30.3 Å². The number of para-hydroxylation sites is 1. The van der Waals surface area contributed by atoms with E-state index in [9.17, 15) is 9.59 Å². The van der Waals surface area contributed by atoms with E-state index in [1.165, 1.54) is 0 Å². The Morgan fingerprint density at radius 1 is 0.828 bits per heavy atom. The van der Waals surface area contributed by atoms with Gasteiger partial charge < -0.3 is 11.1 Å². The summed E-state index contributed by atoms with van der Waals surface area (Å²) in [6.45, 7) is 0. The molecule has 4 aromatic rings. The van der Waals surface area contributed by atoms with Crippen LogP contribution in [0.2, 0.25) is 0 Å². The average Bonchev–Trinajstić information content (AvgIpc) is 2.77. The van der Waals surface area contributed by atoms with Gasteiger partial charge in [-0.05, 0) is 17.7 Å². The number of fused-ring (bicyclic) bond motifs is 1. The van der Waals surface area contributed by atoms with Crippen LogP contribution in [0.15, 0.2) is 91.0 Å². The van der Waals surface area contributed by atoms with Crippen molar-refractivity contribution in [3.8, 4) is 11.3 Å². The molecule has 1 aromatic heterocycles. The number of amides is 2. The fourth-order valence-electron chi connectivity index (χ4n) is 3.29. The molecule has 5 nitrogen and oxygen atoms in total. The Balaban J connectivity index is 1.78. The van der Waals surface area contributed by atoms with Crippen molar-refractivity contribution < 1.29 is 9.59 Å². The van der Waals surface area contributed by atoms with Crippen molar-refractivity contribution in [1.29, 1.82) is 0 Å². The number of carbonyl (C=O) groups is 2. The van der Waals surface area contributed by atoms with Crippen LogP contribution >= 0.6 is 0 Å². The quantitative estimate of drug-likeness (QED) is 0.550. The van der Waals surface area contributed by atoms with Crippen LogP contribution in [-0.4, -0.2) is 16.8 Å². The topological polar surface area (TPSA) is 85.1 Å². The molecular formula is C24H19N3O2. The smallest absolute Gasteiger partial charge is 0.252 e. The molecule has 1 heterocycles. The van der Waals surface area contributed by atoms with Crippen LogP contribution in [0.1, 0.15) is 22.0 Å². The number of pyridine rings is 1. The zero-order valence-corrected chi connectivity index (χ0v) is 15.6. The number of nitrogens with one attached hydrogen (secondary N) is 1. The highest BCUT2D eigenvalue weighted by molar-refractivity contribution is 6.08. The summed E-state index contributed by atoms with van der Waals surface area (Å²) in [5.74, 6) is -1.00. The molecule has 0 saturated carbocycles. The summed E-state index contributed by atoms with van der Waals surface area (Å²) in [6, 6.07) is 26.9. The zero-order chi connectivity index (χ0) is 20.2. The molecule has 3 N–H and O–H groups in total. The molecule has 2 amide bonds. The van der Waals surface area contributed by atoms with Gasteiger partial charge in [0.2, 0.25) is 5.91 Å². The number of hydrogen-bond acceptors (Lipinski definition) is 3. The normalized spacial score (nSPS) is 11.7. The maximum Gasteiger partial charge on any atom is 0.252 e. The Morgan fingerprint density at radius 3 is 2.14 bits per heavy atom. The summed E-state index contributed by atoms with van der Waals surface area (Å²) >= 11 is 0. The van der Waals surface area contributed by atoms with Gasteiger partial charge in [0.25, 0.3) is 5.91 Å². The third kappa shape index (κ3) is 3.84. The van der Waals surface area contributed by atoms with Gasteiger partial charge in [0.15, 0.2) is 0 Å². The fraction of sp³-hybridized carbons (Fsp3) is 0.0417. The second-order valence-electron chi connectivity index (χ2n) is 6.66. The second kappa shape index (κ2) is 7.94. The Hall–Kier alpha value is -3.99. The first-order valence-corrected chi connectivity index (χ1v) is 9.24. The van der Waals surface area contributed by atoms with Crippen molar-refractivity contribution in [3.63, 3.8) is 0 Å². The third-order valence-corrected chi connectivity index (χ3v) is 4.72. The van der Waals surface area contributed by atoms with E-state index in [-0.39, 0.29) is 5.91 Å². The average molecular weight is 381 g/mol. The lowest BCUT2D eigenvalue weighted by Gasteiger charge is -2.17. The SMILES string of the molecule is NC(=O)[C@@H](NC(=O)c1cc(-c2ccccc2)nc2ccccc12)c1ccccc1. The van der Waals surface area contributed by atoms with Gasteiger partial charge in [-0.25, -0.2) is 4.98 Å². The molecule has 29 heavy (non-hydrogen) atoms. The van der Waals surface area contributed by atoms with Crippen LogP contribution in [0.4, 0.5) is 0 Å². The third-order valence-electron chi connectivity index (χ3n) is 4.72. The molecule has 0 saturated heterocycles. The molecule has 5 heteroatoms. The molecule has 0 bridgehead atoms. The van der Waals surface area contributed by atoms with E-state index in [1.807, 2.05) is 60.7 Å². The van der Waals surface area contributed by atoms with Crippen LogP contribution < -0.4 is 11.1 Å². The highest BCUT2D eigenvalue weighted by Crippen LogP contribution is 2.25. The highest BCUT2D eigenvalue weighted by Gasteiger charge is 2.22. The standard InChI is InChI=1S/C24H19N3O2/c25-23(28)22(17-11-5-2-6-12-17)27-24(29)19-15-21(16-9-3-1-4-10-16)26-20-14-8-7-13-18(19)20/h1-15,22H,(H2,25,28)(H,27,29)/t22-/m0/s1. The van der Waals surface area contributed by atoms with Gasteiger partial charge in [0.05, 0.1) is 16.8 Å². The number of primary amides is 1. The van der Waals surface area contributed by atoms with Crippen LogP contribution in [0.25, 0.3) is 22.2 Å². The number of nitrogens with zero attached hydrogens (tertiary/aromatic N) is 1. The number of aromatic nitrogens is 1. The lowest BCUT2D eigenvalue weighted by Crippen LogP contribution is -2.37. The molecule has 0 aliphatic rings. The minimum Gasteiger partial charge on any atom is -0.368 e. The molecule has 0 aliphatic heterocycles. The van der Waals surface area contributed by atoms with E-state index < -0.39 is 11.9 Å². The number of nitrogens with two attached hydrogens (primary N) is 1. The van der Waals surface area contributed by atoms with Crippen molar-refractivity contribution in [2.45, 2.75) is 6.04 Å². The maximum absolute atomic E-state index is 13.2. The first-order valence-electron chi connectivity index (χ1n) is 9.24. The number of carbonyl (C=O) groups excluding carboxylic acids is 2. The first-order chi connectivity index (χ1) is 14.1. The number of benzene rings is 3. The zero-order valence-electron chi connectivity index (χ0n) is 15.6. The first kappa shape index (κ1) is 18.4. The van der Waals surface area contributed by atoms with Crippen molar-refractivity contribution in [1.82, 2.24) is 10.3 Å². The van der Waals surface area contributed by atoms with E-state index in [0.717, 1.165) is 5.56 Å². The monoisotopic (exact) mass is 381 g/mol. The summed E-state index contributed by atoms with van der Waals surface area (Å²) in [4.78, 5) is 29.9. The molecule has 0 unspecified atom stereocenters. The van der Waals surface area contributed by atoms with E-state index in [4.69, 9.17) is 5.73 Å². The Kier molecular flexibility index (Phi) is 5.03. The molecule has 1 atom stereocenters. The number of hydrogen-bond donors (Lipinski definition) is 2. The van der Waals surface area contributed by atoms with Gasteiger partial charge in [0, 0.05) is 10.9 Å². The van der Waals surface area contributed by atoms with Gasteiger partial charge in [-0.3, -0.25) is 9.59 Å². The molecule has 0 aliphatic carbocycles. The van der Waals surface area contributed by atoms with Gasteiger partial charge in [-0.2, -0.15) is 0 Å². The lowest BCUT2D eigenvalue weighted by atomic mass is 10.0. The summed E-state index contributed by atoms with van der Waals surface area (Å²) < 4.78 is 0. The maximum atomic E-state index is 13.2. The Labute approximate surface area is 168 Å². The fourth-order valence-corrected chi connectivity index (χ4v) is 3.29.